The van der Waals surface area contributed by atoms with Crippen LogP contribution in [0.1, 0.15) is 12.1 Å². The molecule has 0 aromatic carbocycles. The Morgan fingerprint density at radius 2 is 2.53 bits per heavy atom. The molecule has 84 valence electrons. The highest BCUT2D eigenvalue weighted by Crippen LogP contribution is 2.16. The number of thiazole rings is 1. The van der Waals surface area contributed by atoms with Crippen molar-refractivity contribution in [1.82, 2.24) is 4.98 Å². The molecule has 1 amide bonds. The van der Waals surface area contributed by atoms with E-state index in [9.17, 15) is 4.79 Å². The van der Waals surface area contributed by atoms with Gasteiger partial charge in [-0.3, -0.25) is 4.79 Å². The predicted molar refractivity (Wildman–Crippen MR) is 64.7 cm³/mol. The lowest BCUT2D eigenvalue weighted by molar-refractivity contribution is -0.115. The molecule has 1 aromatic heterocycles. The summed E-state index contributed by atoms with van der Waals surface area (Å²) in [6.45, 7) is 2.45. The fourth-order valence-electron chi connectivity index (χ4n) is 0.947. The van der Waals surface area contributed by atoms with Crippen LogP contribution in [0.4, 0.5) is 5.13 Å². The lowest BCUT2D eigenvalue weighted by atomic mass is 10.3. The van der Waals surface area contributed by atoms with Gasteiger partial charge in [-0.05, 0) is 13.3 Å². The van der Waals surface area contributed by atoms with E-state index < -0.39 is 0 Å². The van der Waals surface area contributed by atoms with E-state index in [-0.39, 0.29) is 10.7 Å². The standard InChI is InChI=1S/C9H13BrN2O2S/c1-6-5-15-9(11-6)12-8(13)7(10)3-4-14-2/h5,7H,3-4H2,1-2H3,(H,11,12,13). The van der Waals surface area contributed by atoms with Gasteiger partial charge in [-0.2, -0.15) is 0 Å². The number of carbonyl (C=O) groups is 1. The van der Waals surface area contributed by atoms with Crippen molar-refractivity contribution in [3.8, 4) is 0 Å². The van der Waals surface area contributed by atoms with Gasteiger partial charge in [0.1, 0.15) is 0 Å². The molecule has 0 spiro atoms. The number of nitrogens with zero attached hydrogens (tertiary/aromatic N) is 1. The number of carbonyl (C=O) groups excluding carboxylic acids is 1. The van der Waals surface area contributed by atoms with Crippen LogP contribution in [0, 0.1) is 6.92 Å². The third kappa shape index (κ3) is 4.27. The van der Waals surface area contributed by atoms with Gasteiger partial charge in [-0.25, -0.2) is 4.98 Å². The molecule has 4 nitrogen and oxygen atoms in total. The summed E-state index contributed by atoms with van der Waals surface area (Å²) < 4.78 is 4.89. The number of hydrogen-bond donors (Lipinski definition) is 1. The van der Waals surface area contributed by atoms with Crippen molar-refractivity contribution < 1.29 is 9.53 Å². The second kappa shape index (κ2) is 6.19. The van der Waals surface area contributed by atoms with Crippen LogP contribution in [0.15, 0.2) is 5.38 Å². The predicted octanol–water partition coefficient (Wildman–Crippen LogP) is 2.19. The van der Waals surface area contributed by atoms with E-state index in [0.717, 1.165) is 5.69 Å². The maximum absolute atomic E-state index is 11.6. The van der Waals surface area contributed by atoms with Crippen LogP contribution < -0.4 is 5.32 Å². The summed E-state index contributed by atoms with van der Waals surface area (Å²) in [5.41, 5.74) is 0.915. The van der Waals surface area contributed by atoms with Gasteiger partial charge in [0, 0.05) is 19.1 Å². The van der Waals surface area contributed by atoms with E-state index in [1.165, 1.54) is 11.3 Å². The number of rotatable bonds is 5. The number of aryl methyl sites for hydroxylation is 1. The number of halogens is 1. The lowest BCUT2D eigenvalue weighted by Crippen LogP contribution is -2.23. The van der Waals surface area contributed by atoms with Gasteiger partial charge in [-0.1, -0.05) is 15.9 Å². The Morgan fingerprint density at radius 1 is 1.80 bits per heavy atom. The summed E-state index contributed by atoms with van der Waals surface area (Å²) in [7, 11) is 1.61. The summed E-state index contributed by atoms with van der Waals surface area (Å²) >= 11 is 4.72. The fourth-order valence-corrected chi connectivity index (χ4v) is 1.94. The molecule has 1 rings (SSSR count). The molecule has 0 aliphatic rings. The van der Waals surface area contributed by atoms with Gasteiger partial charge >= 0.3 is 0 Å². The minimum atomic E-state index is -0.235. The van der Waals surface area contributed by atoms with Crippen LogP contribution in [0.3, 0.4) is 0 Å². The number of nitrogens with one attached hydrogen (secondary N) is 1. The van der Waals surface area contributed by atoms with Crippen LogP contribution in [-0.2, 0) is 9.53 Å². The Hall–Kier alpha value is -0.460. The Labute approximate surface area is 101 Å². The normalized spacial score (nSPS) is 12.5. The smallest absolute Gasteiger partial charge is 0.240 e. The molecule has 0 bridgehead atoms. The molecule has 15 heavy (non-hydrogen) atoms. The first-order valence-electron chi connectivity index (χ1n) is 4.49. The summed E-state index contributed by atoms with van der Waals surface area (Å²) in [6.07, 6.45) is 0.646. The van der Waals surface area contributed by atoms with E-state index in [1.807, 2.05) is 12.3 Å². The lowest BCUT2D eigenvalue weighted by Gasteiger charge is -2.07. The molecular weight excluding hydrogens is 280 g/mol. The number of amides is 1. The van der Waals surface area contributed by atoms with Crippen LogP contribution in [0.2, 0.25) is 0 Å². The highest BCUT2D eigenvalue weighted by atomic mass is 79.9. The van der Waals surface area contributed by atoms with E-state index in [2.05, 4.69) is 26.2 Å². The third-order valence-corrected chi connectivity index (χ3v) is 3.46. The number of methoxy groups -OCH3 is 1. The van der Waals surface area contributed by atoms with Crippen LogP contribution in [-0.4, -0.2) is 29.4 Å². The monoisotopic (exact) mass is 292 g/mol. The van der Waals surface area contributed by atoms with Gasteiger partial charge < -0.3 is 10.1 Å². The molecule has 1 N–H and O–H groups in total. The second-order valence-electron chi connectivity index (χ2n) is 3.03. The van der Waals surface area contributed by atoms with E-state index >= 15 is 0 Å². The molecule has 0 saturated carbocycles. The maximum Gasteiger partial charge on any atom is 0.240 e. The summed E-state index contributed by atoms with van der Waals surface area (Å²) in [4.78, 5) is 15.5. The summed E-state index contributed by atoms with van der Waals surface area (Å²) in [5, 5.41) is 5.27. The number of ether oxygens (including phenoxy) is 1. The molecule has 1 aromatic rings. The zero-order valence-electron chi connectivity index (χ0n) is 8.62. The number of anilines is 1. The van der Waals surface area contributed by atoms with Gasteiger partial charge in [0.25, 0.3) is 0 Å². The molecule has 0 aliphatic carbocycles. The van der Waals surface area contributed by atoms with Crippen molar-refractivity contribution in [3.05, 3.63) is 11.1 Å². The minimum Gasteiger partial charge on any atom is -0.385 e. The number of alkyl halides is 1. The van der Waals surface area contributed by atoms with Crippen molar-refractivity contribution >= 4 is 38.3 Å². The zero-order chi connectivity index (χ0) is 11.3. The fraction of sp³-hybridized carbons (Fsp3) is 0.556. The van der Waals surface area contributed by atoms with Gasteiger partial charge in [0.15, 0.2) is 5.13 Å². The molecule has 0 fully saturated rings. The molecule has 1 unspecified atom stereocenters. The molecule has 6 heteroatoms. The van der Waals surface area contributed by atoms with Crippen molar-refractivity contribution in [1.29, 1.82) is 0 Å². The van der Waals surface area contributed by atoms with Crippen LogP contribution in [0.25, 0.3) is 0 Å². The van der Waals surface area contributed by atoms with E-state index in [1.54, 1.807) is 7.11 Å². The first kappa shape index (κ1) is 12.6. The SMILES string of the molecule is COCCC(Br)C(=O)Nc1nc(C)cs1. The quantitative estimate of drug-likeness (QED) is 0.847. The number of hydrogen-bond acceptors (Lipinski definition) is 4. The van der Waals surface area contributed by atoms with Gasteiger partial charge in [0.05, 0.1) is 10.5 Å². The first-order valence-corrected chi connectivity index (χ1v) is 6.29. The van der Waals surface area contributed by atoms with Crippen molar-refractivity contribution in [2.45, 2.75) is 18.2 Å². The molecular formula is C9H13BrN2O2S. The summed E-state index contributed by atoms with van der Waals surface area (Å²) in [6, 6.07) is 0. The molecule has 1 atom stereocenters. The highest BCUT2D eigenvalue weighted by Gasteiger charge is 2.15. The molecule has 0 saturated heterocycles. The summed E-state index contributed by atoms with van der Waals surface area (Å²) in [5.74, 6) is -0.0820. The zero-order valence-corrected chi connectivity index (χ0v) is 11.0. The maximum atomic E-state index is 11.6. The molecule has 1 heterocycles. The first-order chi connectivity index (χ1) is 7.13. The Bertz CT molecular complexity index is 330. The average molecular weight is 293 g/mol. The van der Waals surface area contributed by atoms with Crippen molar-refractivity contribution in [2.24, 2.45) is 0 Å². The van der Waals surface area contributed by atoms with Crippen LogP contribution in [0.5, 0.6) is 0 Å². The second-order valence-corrected chi connectivity index (χ2v) is 5.00. The van der Waals surface area contributed by atoms with E-state index in [0.29, 0.717) is 18.2 Å². The average Bonchev–Trinajstić information content (AvgIpc) is 2.60. The van der Waals surface area contributed by atoms with Crippen LogP contribution >= 0.6 is 27.3 Å². The van der Waals surface area contributed by atoms with Crippen molar-refractivity contribution in [2.75, 3.05) is 19.0 Å². The van der Waals surface area contributed by atoms with Gasteiger partial charge in [0.2, 0.25) is 5.91 Å². The Balaban J connectivity index is 2.41. The number of aromatic nitrogens is 1. The largest absolute Gasteiger partial charge is 0.385 e. The minimum absolute atomic E-state index is 0.0820. The molecule has 0 aliphatic heterocycles. The third-order valence-electron chi connectivity index (χ3n) is 1.71. The van der Waals surface area contributed by atoms with E-state index in [4.69, 9.17) is 4.74 Å². The Kier molecular flexibility index (Phi) is 5.21. The topological polar surface area (TPSA) is 51.2 Å². The van der Waals surface area contributed by atoms with Crippen molar-refractivity contribution in [3.63, 3.8) is 0 Å². The Morgan fingerprint density at radius 3 is 3.07 bits per heavy atom. The van der Waals surface area contributed by atoms with Gasteiger partial charge in [-0.15, -0.1) is 11.3 Å². The highest BCUT2D eigenvalue weighted by molar-refractivity contribution is 9.10. The molecule has 0 radical (unpaired) electrons.